The van der Waals surface area contributed by atoms with E-state index in [9.17, 15) is 32.4 Å². The molecule has 1 aromatic rings. The van der Waals surface area contributed by atoms with Crippen LogP contribution in [0.25, 0.3) is 0 Å². The van der Waals surface area contributed by atoms with E-state index >= 15 is 0 Å². The van der Waals surface area contributed by atoms with Gasteiger partial charge in [-0.15, -0.1) is 0 Å². The third kappa shape index (κ3) is 8.70. The number of nitrogens with zero attached hydrogens (tertiary/aromatic N) is 2. The molecule has 278 valence electrons. The molecule has 1 aromatic carbocycles. The van der Waals surface area contributed by atoms with Gasteiger partial charge in [-0.05, 0) is 67.2 Å². The van der Waals surface area contributed by atoms with Crippen LogP contribution in [0.2, 0.25) is 5.02 Å². The molecule has 0 aromatic heterocycles. The fourth-order valence-corrected chi connectivity index (χ4v) is 8.84. The number of halogens is 1. The van der Waals surface area contributed by atoms with E-state index in [0.717, 1.165) is 24.0 Å². The molecule has 5 aliphatic rings. The SMILES string of the molecule is CC(C)(C)CC(=O)N[C@H]1CCCCC/C=C\[C@H]2C[C@@]2(C(=O)NS(=O)(=O)C2CC2)NC(=O)[C@@H]2C[C@@H](OC(=O)N3Cc4ccc(Cl)cc4C3)CN2C1=O. The number of ether oxygens (including phenoxy) is 1. The van der Waals surface area contributed by atoms with Gasteiger partial charge in [-0.3, -0.25) is 28.8 Å². The Bertz CT molecular complexity index is 1720. The van der Waals surface area contributed by atoms with E-state index in [1.165, 1.54) is 9.80 Å². The van der Waals surface area contributed by atoms with Crippen molar-refractivity contribution in [2.75, 3.05) is 6.54 Å². The Labute approximate surface area is 304 Å². The molecule has 13 nitrogen and oxygen atoms in total. The minimum atomic E-state index is -3.89. The Morgan fingerprint density at radius 3 is 2.53 bits per heavy atom. The molecule has 1 saturated heterocycles. The molecule has 5 amide bonds. The number of hydrogen-bond donors (Lipinski definition) is 3. The number of allylic oxidation sites excluding steroid dienone is 1. The average molecular weight is 746 g/mol. The van der Waals surface area contributed by atoms with Crippen molar-refractivity contribution in [1.29, 1.82) is 0 Å². The van der Waals surface area contributed by atoms with Crippen LogP contribution in [0.5, 0.6) is 0 Å². The maximum Gasteiger partial charge on any atom is 0.410 e. The molecule has 0 radical (unpaired) electrons. The molecular weight excluding hydrogens is 698 g/mol. The summed E-state index contributed by atoms with van der Waals surface area (Å²) in [5, 5.41) is 5.67. The Hall–Kier alpha value is -3.65. The number of carbonyl (C=O) groups is 5. The van der Waals surface area contributed by atoms with Crippen molar-refractivity contribution in [2.45, 2.75) is 127 Å². The van der Waals surface area contributed by atoms with Crippen molar-refractivity contribution in [3.05, 3.63) is 46.5 Å². The number of carbonyl (C=O) groups excluding carboxylic acids is 5. The molecule has 5 atom stereocenters. The van der Waals surface area contributed by atoms with Crippen molar-refractivity contribution < 1.29 is 37.1 Å². The van der Waals surface area contributed by atoms with E-state index in [-0.39, 0.29) is 37.1 Å². The van der Waals surface area contributed by atoms with Gasteiger partial charge in [-0.25, -0.2) is 13.2 Å². The molecule has 0 spiro atoms. The Balaban J connectivity index is 1.25. The minimum Gasteiger partial charge on any atom is -0.444 e. The lowest BCUT2D eigenvalue weighted by Gasteiger charge is -2.30. The zero-order valence-corrected chi connectivity index (χ0v) is 31.0. The van der Waals surface area contributed by atoms with Crippen LogP contribution >= 0.6 is 11.6 Å². The number of hydrogen-bond acceptors (Lipinski definition) is 8. The van der Waals surface area contributed by atoms with Crippen molar-refractivity contribution >= 4 is 51.3 Å². The Morgan fingerprint density at radius 2 is 1.80 bits per heavy atom. The van der Waals surface area contributed by atoms with Gasteiger partial charge < -0.3 is 20.3 Å². The van der Waals surface area contributed by atoms with Crippen molar-refractivity contribution in [3.63, 3.8) is 0 Å². The van der Waals surface area contributed by atoms with Crippen LogP contribution in [0, 0.1) is 11.3 Å². The van der Waals surface area contributed by atoms with E-state index in [1.807, 2.05) is 39.0 Å². The highest BCUT2D eigenvalue weighted by Gasteiger charge is 2.62. The summed E-state index contributed by atoms with van der Waals surface area (Å²) in [7, 11) is -3.89. The Morgan fingerprint density at radius 1 is 1.06 bits per heavy atom. The summed E-state index contributed by atoms with van der Waals surface area (Å²) in [6.45, 7) is 6.31. The highest BCUT2D eigenvalue weighted by atomic mass is 35.5. The van der Waals surface area contributed by atoms with Crippen LogP contribution in [0.3, 0.4) is 0 Å². The summed E-state index contributed by atoms with van der Waals surface area (Å²) in [4.78, 5) is 71.5. The van der Waals surface area contributed by atoms with E-state index in [4.69, 9.17) is 16.3 Å². The summed E-state index contributed by atoms with van der Waals surface area (Å²) < 4.78 is 33.6. The number of sulfonamides is 1. The summed E-state index contributed by atoms with van der Waals surface area (Å²) in [5.74, 6) is -2.66. The molecule has 2 saturated carbocycles. The second kappa shape index (κ2) is 14.4. The van der Waals surface area contributed by atoms with Gasteiger partial charge in [0.15, 0.2) is 0 Å². The molecule has 3 heterocycles. The second-order valence-electron chi connectivity index (χ2n) is 15.9. The molecule has 0 unspecified atom stereocenters. The number of nitrogens with one attached hydrogen (secondary N) is 3. The number of amides is 5. The molecular formula is C36H48ClN5O8S. The third-order valence-electron chi connectivity index (χ3n) is 10.3. The highest BCUT2D eigenvalue weighted by Crippen LogP contribution is 2.46. The van der Waals surface area contributed by atoms with Gasteiger partial charge in [0.1, 0.15) is 23.7 Å². The van der Waals surface area contributed by atoms with Gasteiger partial charge in [0.05, 0.1) is 11.8 Å². The van der Waals surface area contributed by atoms with Crippen LogP contribution in [-0.2, 0) is 47.0 Å². The summed E-state index contributed by atoms with van der Waals surface area (Å²) in [5.41, 5.74) is 0.0152. The maximum atomic E-state index is 14.4. The zero-order chi connectivity index (χ0) is 36.7. The van der Waals surface area contributed by atoms with Gasteiger partial charge >= 0.3 is 6.09 Å². The number of benzene rings is 1. The summed E-state index contributed by atoms with van der Waals surface area (Å²) in [6, 6.07) is 3.35. The van der Waals surface area contributed by atoms with Gasteiger partial charge in [0, 0.05) is 36.9 Å². The van der Waals surface area contributed by atoms with E-state index < -0.39 is 68.7 Å². The first-order valence-corrected chi connectivity index (χ1v) is 19.8. The van der Waals surface area contributed by atoms with Crippen molar-refractivity contribution in [3.8, 4) is 0 Å². The average Bonchev–Trinajstić information content (AvgIpc) is 3.93. The first kappa shape index (κ1) is 37.1. The minimum absolute atomic E-state index is 0.0445. The smallest absolute Gasteiger partial charge is 0.410 e. The van der Waals surface area contributed by atoms with Crippen LogP contribution in [0.15, 0.2) is 30.4 Å². The van der Waals surface area contributed by atoms with Crippen LogP contribution in [0.4, 0.5) is 4.79 Å². The lowest BCUT2D eigenvalue weighted by molar-refractivity contribution is -0.142. The van der Waals surface area contributed by atoms with Gasteiger partial charge in [-0.2, -0.15) is 0 Å². The quantitative estimate of drug-likeness (QED) is 0.370. The van der Waals surface area contributed by atoms with Crippen molar-refractivity contribution in [2.24, 2.45) is 11.3 Å². The topological polar surface area (TPSA) is 171 Å². The first-order valence-electron chi connectivity index (χ1n) is 17.9. The monoisotopic (exact) mass is 745 g/mol. The highest BCUT2D eigenvalue weighted by molar-refractivity contribution is 7.91. The van der Waals surface area contributed by atoms with Crippen LogP contribution < -0.4 is 15.4 Å². The molecule has 3 aliphatic heterocycles. The van der Waals surface area contributed by atoms with Gasteiger partial charge in [0.2, 0.25) is 27.7 Å². The fourth-order valence-electron chi connectivity index (χ4n) is 7.28. The molecule has 0 bridgehead atoms. The molecule has 6 rings (SSSR count). The fraction of sp³-hybridized carbons (Fsp3) is 0.639. The molecule has 3 N–H and O–H groups in total. The number of fused-ring (bicyclic) bond motifs is 3. The second-order valence-corrected chi connectivity index (χ2v) is 18.3. The predicted molar refractivity (Wildman–Crippen MR) is 188 cm³/mol. The molecule has 51 heavy (non-hydrogen) atoms. The molecule has 15 heteroatoms. The first-order chi connectivity index (χ1) is 24.0. The lowest BCUT2D eigenvalue weighted by atomic mass is 9.91. The van der Waals surface area contributed by atoms with E-state index in [0.29, 0.717) is 50.2 Å². The van der Waals surface area contributed by atoms with Gasteiger partial charge in [0.25, 0.3) is 5.91 Å². The molecule has 2 aliphatic carbocycles. The van der Waals surface area contributed by atoms with E-state index in [2.05, 4.69) is 15.4 Å². The predicted octanol–water partition coefficient (Wildman–Crippen LogP) is 3.69. The number of rotatable bonds is 6. The molecule has 3 fully saturated rings. The summed E-state index contributed by atoms with van der Waals surface area (Å²) in [6.07, 6.45) is 6.91. The van der Waals surface area contributed by atoms with Crippen LogP contribution in [-0.4, -0.2) is 83.5 Å². The van der Waals surface area contributed by atoms with Gasteiger partial charge in [-0.1, -0.05) is 63.4 Å². The standard InChI is InChI=1S/C36H48ClN5O8S/c1-35(2,3)18-30(43)38-28-10-8-6-4-5-7-9-24-17-36(24,33(46)40-51(48,49)27-13-14-27)39-31(44)29-16-26(21-42(29)32(28)45)50-34(47)41-19-22-11-12-25(37)15-23(22)20-41/h7,9,11-12,15,24,26-29H,4-6,8,10,13-14,16-21H2,1-3H3,(H,38,43)(H,39,44)(H,40,46)/b9-7-/t24-,26+,28-,29-,36+/m0/s1. The zero-order valence-electron chi connectivity index (χ0n) is 29.4. The van der Waals surface area contributed by atoms with Crippen molar-refractivity contribution in [1.82, 2.24) is 25.2 Å². The third-order valence-corrected chi connectivity index (χ3v) is 12.3. The Kier molecular flexibility index (Phi) is 10.5. The maximum absolute atomic E-state index is 14.4. The van der Waals surface area contributed by atoms with E-state index in [1.54, 1.807) is 12.1 Å². The summed E-state index contributed by atoms with van der Waals surface area (Å²) >= 11 is 6.15. The largest absolute Gasteiger partial charge is 0.444 e. The van der Waals surface area contributed by atoms with Crippen LogP contribution in [0.1, 0.15) is 96.1 Å². The lowest BCUT2D eigenvalue weighted by Crippen LogP contribution is -2.58. The normalized spacial score (nSPS) is 29.0.